The van der Waals surface area contributed by atoms with Crippen molar-refractivity contribution in [3.05, 3.63) is 91.6 Å². The van der Waals surface area contributed by atoms with Crippen LogP contribution in [0.2, 0.25) is 0 Å². The maximum Gasteiger partial charge on any atom is 0.332 e. The van der Waals surface area contributed by atoms with Gasteiger partial charge in [-0.2, -0.15) is 0 Å². The Morgan fingerprint density at radius 1 is 1.10 bits per heavy atom. The third kappa shape index (κ3) is 3.91. The fourth-order valence-corrected chi connectivity index (χ4v) is 4.14. The van der Waals surface area contributed by atoms with Gasteiger partial charge in [-0.25, -0.2) is 9.78 Å². The molecule has 6 nitrogen and oxygen atoms in total. The van der Waals surface area contributed by atoms with Crippen LogP contribution in [0, 0.1) is 11.8 Å². The molecule has 0 saturated carbocycles. The minimum Gasteiger partial charge on any atom is -0.481 e. The number of rotatable bonds is 4. The van der Waals surface area contributed by atoms with Crippen LogP contribution < -0.4 is 16.0 Å². The average molecular weight is 417 g/mol. The third-order valence-electron chi connectivity index (χ3n) is 4.71. The minimum absolute atomic E-state index is 0.239. The first kappa shape index (κ1) is 19.7. The summed E-state index contributed by atoms with van der Waals surface area (Å²) >= 11 is 1.35. The molecule has 0 bridgehead atoms. The van der Waals surface area contributed by atoms with E-state index in [0.717, 1.165) is 16.0 Å². The van der Waals surface area contributed by atoms with E-state index in [9.17, 15) is 9.59 Å². The summed E-state index contributed by atoms with van der Waals surface area (Å²) in [5.74, 6) is 6.77. The van der Waals surface area contributed by atoms with E-state index in [1.165, 1.54) is 20.5 Å². The summed E-state index contributed by atoms with van der Waals surface area (Å²) < 4.78 is 7.91. The molecule has 3 heterocycles. The molecular weight excluding hydrogens is 398 g/mol. The molecule has 0 N–H and O–H groups in total. The Morgan fingerprint density at radius 2 is 1.90 bits per heavy atom. The summed E-state index contributed by atoms with van der Waals surface area (Å²) in [6.07, 6.45) is 2.21. The molecule has 0 amide bonds. The van der Waals surface area contributed by atoms with Crippen LogP contribution in [0.5, 0.6) is 5.88 Å². The number of hydrogen-bond acceptors (Lipinski definition) is 5. The summed E-state index contributed by atoms with van der Waals surface area (Å²) in [6.45, 7) is 0.239. The Hall–Kier alpha value is -3.63. The molecule has 4 rings (SSSR count). The molecule has 0 unspecified atom stereocenters. The van der Waals surface area contributed by atoms with E-state index < -0.39 is 0 Å². The standard InChI is InChI=1S/C23H19N3O3S/c1-25-22-19(21(27)26(23(25)28)15-17-7-4-3-5-8-17)14-18(30-22)10-6-9-16-11-12-24-20(13-16)29-2/h3-5,7-8,11-14H,9,15H2,1-2H3. The molecule has 0 spiro atoms. The molecule has 7 heteroatoms. The minimum atomic E-state index is -0.332. The van der Waals surface area contributed by atoms with Crippen molar-refractivity contribution in [2.24, 2.45) is 7.05 Å². The number of ether oxygens (including phenoxy) is 1. The fourth-order valence-electron chi connectivity index (χ4n) is 3.16. The van der Waals surface area contributed by atoms with Gasteiger partial charge in [0.2, 0.25) is 5.88 Å². The number of methoxy groups -OCH3 is 1. The normalized spacial score (nSPS) is 10.6. The van der Waals surface area contributed by atoms with Crippen molar-refractivity contribution >= 4 is 21.6 Å². The van der Waals surface area contributed by atoms with Gasteiger partial charge in [0.1, 0.15) is 4.83 Å². The molecular formula is C23H19N3O3S. The first-order chi connectivity index (χ1) is 14.6. The summed E-state index contributed by atoms with van der Waals surface area (Å²) in [6, 6.07) is 15.0. The van der Waals surface area contributed by atoms with Gasteiger partial charge in [-0.15, -0.1) is 11.3 Å². The van der Waals surface area contributed by atoms with Gasteiger partial charge in [0.25, 0.3) is 5.56 Å². The van der Waals surface area contributed by atoms with Gasteiger partial charge in [0.15, 0.2) is 0 Å². The second-order valence-electron chi connectivity index (χ2n) is 6.73. The van der Waals surface area contributed by atoms with E-state index in [4.69, 9.17) is 4.74 Å². The lowest BCUT2D eigenvalue weighted by atomic mass is 10.2. The molecule has 0 aliphatic heterocycles. The van der Waals surface area contributed by atoms with E-state index in [1.54, 1.807) is 26.4 Å². The molecule has 0 aliphatic carbocycles. The Bertz CT molecular complexity index is 1390. The zero-order valence-electron chi connectivity index (χ0n) is 16.6. The number of aryl methyl sites for hydroxylation is 1. The Kier molecular flexibility index (Phi) is 5.50. The lowest BCUT2D eigenvalue weighted by molar-refractivity contribution is 0.397. The van der Waals surface area contributed by atoms with Crippen molar-refractivity contribution in [2.45, 2.75) is 13.0 Å². The lowest BCUT2D eigenvalue weighted by Gasteiger charge is -2.08. The van der Waals surface area contributed by atoms with Gasteiger partial charge in [0.05, 0.1) is 23.9 Å². The molecule has 150 valence electrons. The Balaban J connectivity index is 1.68. The molecule has 30 heavy (non-hydrogen) atoms. The summed E-state index contributed by atoms with van der Waals surface area (Å²) in [5.41, 5.74) is 1.27. The molecule has 3 aromatic heterocycles. The SMILES string of the molecule is COc1cc(CC#Cc2cc3c(=O)n(Cc4ccccc4)c(=O)n(C)c3s2)ccn1. The summed E-state index contributed by atoms with van der Waals surface area (Å²) in [7, 11) is 3.26. The highest BCUT2D eigenvalue weighted by molar-refractivity contribution is 7.19. The largest absolute Gasteiger partial charge is 0.481 e. The van der Waals surface area contributed by atoms with Crippen molar-refractivity contribution in [2.75, 3.05) is 7.11 Å². The van der Waals surface area contributed by atoms with E-state index in [2.05, 4.69) is 16.8 Å². The Morgan fingerprint density at radius 3 is 2.67 bits per heavy atom. The maximum atomic E-state index is 13.0. The molecule has 0 aliphatic rings. The van der Waals surface area contributed by atoms with Crippen molar-refractivity contribution < 1.29 is 4.74 Å². The summed E-state index contributed by atoms with van der Waals surface area (Å²) in [4.78, 5) is 31.2. The van der Waals surface area contributed by atoms with Gasteiger partial charge < -0.3 is 4.74 Å². The quantitative estimate of drug-likeness (QED) is 0.479. The number of thiophene rings is 1. The van der Waals surface area contributed by atoms with Crippen molar-refractivity contribution in [1.82, 2.24) is 14.1 Å². The Labute approximate surface area is 177 Å². The number of nitrogens with zero attached hydrogens (tertiary/aromatic N) is 3. The van der Waals surface area contributed by atoms with Crippen molar-refractivity contribution in [1.29, 1.82) is 0 Å². The topological polar surface area (TPSA) is 66.1 Å². The van der Waals surface area contributed by atoms with E-state index >= 15 is 0 Å². The second kappa shape index (κ2) is 8.39. The van der Waals surface area contributed by atoms with Crippen LogP contribution in [0.15, 0.2) is 64.3 Å². The lowest BCUT2D eigenvalue weighted by Crippen LogP contribution is -2.38. The second-order valence-corrected chi connectivity index (χ2v) is 7.76. The molecule has 0 fully saturated rings. The van der Waals surface area contributed by atoms with Gasteiger partial charge in [0, 0.05) is 25.7 Å². The van der Waals surface area contributed by atoms with Crippen LogP contribution >= 0.6 is 11.3 Å². The zero-order valence-corrected chi connectivity index (χ0v) is 17.4. The highest BCUT2D eigenvalue weighted by Gasteiger charge is 2.14. The highest BCUT2D eigenvalue weighted by atomic mass is 32.1. The number of aromatic nitrogens is 3. The predicted octanol–water partition coefficient (Wildman–Crippen LogP) is 2.81. The monoisotopic (exact) mass is 417 g/mol. The van der Waals surface area contributed by atoms with Crippen LogP contribution in [0.1, 0.15) is 16.0 Å². The van der Waals surface area contributed by atoms with Crippen molar-refractivity contribution in [3.63, 3.8) is 0 Å². The van der Waals surface area contributed by atoms with E-state index in [-0.39, 0.29) is 17.8 Å². The van der Waals surface area contributed by atoms with Gasteiger partial charge in [-0.1, -0.05) is 42.2 Å². The molecule has 1 aromatic carbocycles. The smallest absolute Gasteiger partial charge is 0.332 e. The van der Waals surface area contributed by atoms with Crippen LogP contribution in [-0.2, 0) is 20.0 Å². The van der Waals surface area contributed by atoms with Gasteiger partial charge in [-0.3, -0.25) is 13.9 Å². The van der Waals surface area contributed by atoms with E-state index in [0.29, 0.717) is 22.5 Å². The van der Waals surface area contributed by atoms with Crippen LogP contribution in [0.3, 0.4) is 0 Å². The summed E-state index contributed by atoms with van der Waals surface area (Å²) in [5, 5.41) is 0.507. The average Bonchev–Trinajstić information content (AvgIpc) is 3.21. The molecule has 0 saturated heterocycles. The first-order valence-corrected chi connectivity index (χ1v) is 10.1. The van der Waals surface area contributed by atoms with Crippen LogP contribution in [-0.4, -0.2) is 21.2 Å². The van der Waals surface area contributed by atoms with E-state index in [1.807, 2.05) is 42.5 Å². The van der Waals surface area contributed by atoms with Crippen molar-refractivity contribution in [3.8, 4) is 17.7 Å². The number of fused-ring (bicyclic) bond motifs is 1. The van der Waals surface area contributed by atoms with Gasteiger partial charge in [-0.05, 0) is 23.3 Å². The number of hydrogen-bond donors (Lipinski definition) is 0. The number of benzene rings is 1. The first-order valence-electron chi connectivity index (χ1n) is 9.32. The zero-order chi connectivity index (χ0) is 21.1. The van der Waals surface area contributed by atoms with Crippen LogP contribution in [0.4, 0.5) is 0 Å². The number of pyridine rings is 1. The molecule has 0 atom stereocenters. The molecule has 0 radical (unpaired) electrons. The maximum absolute atomic E-state index is 13.0. The predicted molar refractivity (Wildman–Crippen MR) is 118 cm³/mol. The van der Waals surface area contributed by atoms with Crippen LogP contribution in [0.25, 0.3) is 10.2 Å². The highest BCUT2D eigenvalue weighted by Crippen LogP contribution is 2.21. The van der Waals surface area contributed by atoms with Gasteiger partial charge >= 0.3 is 5.69 Å². The third-order valence-corrected chi connectivity index (χ3v) is 5.83. The fraction of sp³-hybridized carbons (Fsp3) is 0.174. The molecule has 4 aromatic rings.